The first kappa shape index (κ1) is 13.5. The summed E-state index contributed by atoms with van der Waals surface area (Å²) in [6, 6.07) is 9.27. The van der Waals surface area contributed by atoms with Crippen molar-refractivity contribution < 1.29 is 9.18 Å². The Bertz CT molecular complexity index is 643. The Hall–Kier alpha value is -1.88. The fourth-order valence-corrected chi connectivity index (χ4v) is 1.96. The van der Waals surface area contributed by atoms with Crippen LogP contribution in [0.5, 0.6) is 0 Å². The molecule has 0 unspecified atom stereocenters. The van der Waals surface area contributed by atoms with Gasteiger partial charge in [-0.25, -0.2) is 4.39 Å². The molecule has 2 aromatic carbocycles. The SMILES string of the molecule is Cc1ccc(NC(=O)c2cc(N)ccc2F)cc1Br. The Labute approximate surface area is 118 Å². The molecule has 0 aliphatic rings. The number of rotatable bonds is 2. The van der Waals surface area contributed by atoms with Gasteiger partial charge in [0.05, 0.1) is 5.56 Å². The molecule has 0 fully saturated rings. The first-order valence-corrected chi connectivity index (χ1v) is 6.39. The molecule has 0 spiro atoms. The van der Waals surface area contributed by atoms with E-state index in [1.807, 2.05) is 13.0 Å². The molecule has 0 bridgehead atoms. The second-order valence-corrected chi connectivity index (χ2v) is 5.01. The normalized spacial score (nSPS) is 10.3. The molecule has 1 amide bonds. The van der Waals surface area contributed by atoms with Gasteiger partial charge < -0.3 is 11.1 Å². The number of amides is 1. The van der Waals surface area contributed by atoms with Gasteiger partial charge >= 0.3 is 0 Å². The third-order valence-electron chi connectivity index (χ3n) is 2.66. The number of hydrogen-bond acceptors (Lipinski definition) is 2. The number of nitrogens with one attached hydrogen (secondary N) is 1. The molecule has 19 heavy (non-hydrogen) atoms. The number of aryl methyl sites for hydroxylation is 1. The minimum Gasteiger partial charge on any atom is -0.399 e. The van der Waals surface area contributed by atoms with E-state index < -0.39 is 11.7 Å². The number of benzene rings is 2. The zero-order valence-electron chi connectivity index (χ0n) is 10.2. The molecule has 3 N–H and O–H groups in total. The highest BCUT2D eigenvalue weighted by Crippen LogP contribution is 2.21. The van der Waals surface area contributed by atoms with E-state index in [9.17, 15) is 9.18 Å². The second kappa shape index (κ2) is 5.40. The zero-order chi connectivity index (χ0) is 14.0. The zero-order valence-corrected chi connectivity index (χ0v) is 11.8. The quantitative estimate of drug-likeness (QED) is 0.828. The largest absolute Gasteiger partial charge is 0.399 e. The van der Waals surface area contributed by atoms with Crippen molar-refractivity contribution >= 4 is 33.2 Å². The van der Waals surface area contributed by atoms with Gasteiger partial charge in [0.15, 0.2) is 0 Å². The second-order valence-electron chi connectivity index (χ2n) is 4.16. The lowest BCUT2D eigenvalue weighted by Gasteiger charge is -2.08. The molecule has 3 nitrogen and oxygen atoms in total. The standard InChI is InChI=1S/C14H12BrFN2O/c1-8-2-4-10(7-12(8)15)18-14(19)11-6-9(17)3-5-13(11)16/h2-7H,17H2,1H3,(H,18,19). The van der Waals surface area contributed by atoms with Gasteiger partial charge in [0, 0.05) is 15.8 Å². The smallest absolute Gasteiger partial charge is 0.258 e. The fourth-order valence-electron chi connectivity index (χ4n) is 1.59. The molecule has 0 aromatic heterocycles. The van der Waals surface area contributed by atoms with Crippen LogP contribution in [0.15, 0.2) is 40.9 Å². The van der Waals surface area contributed by atoms with E-state index in [1.165, 1.54) is 18.2 Å². The molecule has 98 valence electrons. The van der Waals surface area contributed by atoms with Crippen LogP contribution in [-0.4, -0.2) is 5.91 Å². The first-order chi connectivity index (χ1) is 8.97. The molecule has 0 saturated heterocycles. The number of carbonyl (C=O) groups is 1. The van der Waals surface area contributed by atoms with Gasteiger partial charge in [0.25, 0.3) is 5.91 Å². The first-order valence-electron chi connectivity index (χ1n) is 5.60. The predicted octanol–water partition coefficient (Wildman–Crippen LogP) is 3.73. The number of halogens is 2. The van der Waals surface area contributed by atoms with Crippen LogP contribution in [0.25, 0.3) is 0 Å². The number of nitrogens with two attached hydrogens (primary N) is 1. The van der Waals surface area contributed by atoms with Crippen LogP contribution in [0.1, 0.15) is 15.9 Å². The maximum absolute atomic E-state index is 13.5. The molecule has 0 aliphatic heterocycles. The van der Waals surface area contributed by atoms with Gasteiger partial charge in [-0.15, -0.1) is 0 Å². The lowest BCUT2D eigenvalue weighted by molar-refractivity contribution is 0.102. The van der Waals surface area contributed by atoms with Crippen LogP contribution in [0.3, 0.4) is 0 Å². The lowest BCUT2D eigenvalue weighted by Crippen LogP contribution is -2.14. The molecule has 0 atom stereocenters. The predicted molar refractivity (Wildman–Crippen MR) is 77.6 cm³/mol. The average molecular weight is 323 g/mol. The summed E-state index contributed by atoms with van der Waals surface area (Å²) in [5.74, 6) is -1.13. The third-order valence-corrected chi connectivity index (χ3v) is 3.52. The van der Waals surface area contributed by atoms with E-state index >= 15 is 0 Å². The van der Waals surface area contributed by atoms with Crippen LogP contribution in [0, 0.1) is 12.7 Å². The van der Waals surface area contributed by atoms with Crippen molar-refractivity contribution in [3.8, 4) is 0 Å². The van der Waals surface area contributed by atoms with E-state index in [0.29, 0.717) is 11.4 Å². The Morgan fingerprint density at radius 2 is 2.00 bits per heavy atom. The van der Waals surface area contributed by atoms with Crippen LogP contribution in [0.2, 0.25) is 0 Å². The van der Waals surface area contributed by atoms with Gasteiger partial charge in [-0.1, -0.05) is 22.0 Å². The summed E-state index contributed by atoms with van der Waals surface area (Å²) in [7, 11) is 0. The highest BCUT2D eigenvalue weighted by molar-refractivity contribution is 9.10. The monoisotopic (exact) mass is 322 g/mol. The van der Waals surface area contributed by atoms with Crippen LogP contribution in [-0.2, 0) is 0 Å². The minimum atomic E-state index is -0.599. The molecule has 2 aromatic rings. The van der Waals surface area contributed by atoms with Crippen molar-refractivity contribution in [1.29, 1.82) is 0 Å². The summed E-state index contributed by atoms with van der Waals surface area (Å²) in [5.41, 5.74) is 7.46. The maximum Gasteiger partial charge on any atom is 0.258 e. The maximum atomic E-state index is 13.5. The van der Waals surface area contributed by atoms with E-state index in [0.717, 1.165) is 10.0 Å². The summed E-state index contributed by atoms with van der Waals surface area (Å²) >= 11 is 3.37. The Balaban J connectivity index is 2.25. The summed E-state index contributed by atoms with van der Waals surface area (Å²) < 4.78 is 14.4. The van der Waals surface area contributed by atoms with Crippen molar-refractivity contribution in [1.82, 2.24) is 0 Å². The molecule has 0 radical (unpaired) electrons. The lowest BCUT2D eigenvalue weighted by atomic mass is 10.1. The highest BCUT2D eigenvalue weighted by atomic mass is 79.9. The minimum absolute atomic E-state index is 0.0725. The van der Waals surface area contributed by atoms with Gasteiger partial charge in [-0.2, -0.15) is 0 Å². The number of nitrogen functional groups attached to an aromatic ring is 1. The molecule has 2 rings (SSSR count). The van der Waals surface area contributed by atoms with Crippen molar-refractivity contribution in [2.75, 3.05) is 11.1 Å². The third kappa shape index (κ3) is 3.12. The molecular weight excluding hydrogens is 311 g/mol. The van der Waals surface area contributed by atoms with E-state index in [1.54, 1.807) is 12.1 Å². The summed E-state index contributed by atoms with van der Waals surface area (Å²) in [6.07, 6.45) is 0. The summed E-state index contributed by atoms with van der Waals surface area (Å²) in [4.78, 5) is 12.0. The van der Waals surface area contributed by atoms with Crippen molar-refractivity contribution in [3.63, 3.8) is 0 Å². The number of anilines is 2. The van der Waals surface area contributed by atoms with Gasteiger partial charge in [0.2, 0.25) is 0 Å². The van der Waals surface area contributed by atoms with Crippen LogP contribution >= 0.6 is 15.9 Å². The fraction of sp³-hybridized carbons (Fsp3) is 0.0714. The summed E-state index contributed by atoms with van der Waals surface area (Å²) in [6.45, 7) is 1.94. The van der Waals surface area contributed by atoms with E-state index in [4.69, 9.17) is 5.73 Å². The topological polar surface area (TPSA) is 55.1 Å². The van der Waals surface area contributed by atoms with E-state index in [-0.39, 0.29) is 5.56 Å². The number of carbonyl (C=O) groups excluding carboxylic acids is 1. The van der Waals surface area contributed by atoms with Gasteiger partial charge in [-0.3, -0.25) is 4.79 Å². The van der Waals surface area contributed by atoms with Gasteiger partial charge in [0.1, 0.15) is 5.82 Å². The Morgan fingerprint density at radius 1 is 1.26 bits per heavy atom. The molecular formula is C14H12BrFN2O. The molecule has 0 heterocycles. The summed E-state index contributed by atoms with van der Waals surface area (Å²) in [5, 5.41) is 2.63. The molecule has 0 aliphatic carbocycles. The van der Waals surface area contributed by atoms with Crippen molar-refractivity contribution in [3.05, 3.63) is 57.8 Å². The number of hydrogen-bond donors (Lipinski definition) is 2. The van der Waals surface area contributed by atoms with Crippen LogP contribution in [0.4, 0.5) is 15.8 Å². The Kier molecular flexibility index (Phi) is 3.85. The average Bonchev–Trinajstić information content (AvgIpc) is 2.36. The molecule has 0 saturated carbocycles. The molecule has 5 heteroatoms. The highest BCUT2D eigenvalue weighted by Gasteiger charge is 2.12. The Morgan fingerprint density at radius 3 is 2.68 bits per heavy atom. The van der Waals surface area contributed by atoms with Crippen LogP contribution < -0.4 is 11.1 Å². The van der Waals surface area contributed by atoms with Gasteiger partial charge in [-0.05, 0) is 42.8 Å². The van der Waals surface area contributed by atoms with Crippen molar-refractivity contribution in [2.24, 2.45) is 0 Å². The van der Waals surface area contributed by atoms with Crippen molar-refractivity contribution in [2.45, 2.75) is 6.92 Å². The van der Waals surface area contributed by atoms with E-state index in [2.05, 4.69) is 21.2 Å².